The fourth-order valence-corrected chi connectivity index (χ4v) is 0.960. The summed E-state index contributed by atoms with van der Waals surface area (Å²) in [4.78, 5) is 9.92. The van der Waals surface area contributed by atoms with E-state index in [1.165, 1.54) is 0 Å². The molecule has 1 rings (SSSR count). The summed E-state index contributed by atoms with van der Waals surface area (Å²) in [7, 11) is 0. The summed E-state index contributed by atoms with van der Waals surface area (Å²) in [5, 5.41) is 2.72. The summed E-state index contributed by atoms with van der Waals surface area (Å²) in [5.74, 6) is 0. The molecule has 0 aromatic rings. The maximum Gasteiger partial charge on any atom is 0.207 e. The maximum atomic E-state index is 9.92. The van der Waals surface area contributed by atoms with Gasteiger partial charge in [0, 0.05) is 19.3 Å². The van der Waals surface area contributed by atoms with E-state index in [0.29, 0.717) is 6.04 Å². The molecule has 0 aromatic carbocycles. The molecule has 0 unspecified atom stereocenters. The third kappa shape index (κ3) is 2.01. The summed E-state index contributed by atoms with van der Waals surface area (Å²) in [6.45, 7) is 1.57. The highest BCUT2D eigenvalue weighted by atomic mass is 16.5. The molecule has 0 aromatic heterocycles. The first kappa shape index (κ1) is 6.55. The standard InChI is InChI=1S/C6H11NO2/c8-5-7-6-1-3-9-4-2-6/h5-6H,1-4H2,(H,7,8). The van der Waals surface area contributed by atoms with Crippen molar-refractivity contribution in [2.75, 3.05) is 13.2 Å². The van der Waals surface area contributed by atoms with Crippen LogP contribution in [-0.4, -0.2) is 25.7 Å². The maximum absolute atomic E-state index is 9.92. The van der Waals surface area contributed by atoms with Gasteiger partial charge in [0.05, 0.1) is 0 Å². The molecule has 0 aliphatic carbocycles. The Hall–Kier alpha value is -0.570. The highest BCUT2D eigenvalue weighted by Crippen LogP contribution is 2.04. The molecule has 0 bridgehead atoms. The van der Waals surface area contributed by atoms with Crippen molar-refractivity contribution in [3.63, 3.8) is 0 Å². The van der Waals surface area contributed by atoms with Gasteiger partial charge in [0.1, 0.15) is 0 Å². The molecule has 1 amide bonds. The first-order chi connectivity index (χ1) is 4.43. The van der Waals surface area contributed by atoms with E-state index < -0.39 is 0 Å². The van der Waals surface area contributed by atoms with Gasteiger partial charge in [-0.05, 0) is 12.8 Å². The first-order valence-corrected chi connectivity index (χ1v) is 3.21. The van der Waals surface area contributed by atoms with Crippen LogP contribution in [0.1, 0.15) is 12.8 Å². The average Bonchev–Trinajstić information content (AvgIpc) is 1.91. The first-order valence-electron chi connectivity index (χ1n) is 3.21. The van der Waals surface area contributed by atoms with Crippen molar-refractivity contribution in [3.05, 3.63) is 0 Å². The number of nitrogens with one attached hydrogen (secondary N) is 1. The van der Waals surface area contributed by atoms with Crippen LogP contribution >= 0.6 is 0 Å². The molecule has 1 N–H and O–H groups in total. The highest BCUT2D eigenvalue weighted by molar-refractivity contribution is 5.46. The van der Waals surface area contributed by atoms with Crippen LogP contribution in [0.25, 0.3) is 0 Å². The van der Waals surface area contributed by atoms with Crippen molar-refractivity contribution in [1.29, 1.82) is 0 Å². The van der Waals surface area contributed by atoms with Crippen molar-refractivity contribution in [2.45, 2.75) is 18.9 Å². The van der Waals surface area contributed by atoms with E-state index >= 15 is 0 Å². The molecule has 52 valence electrons. The number of rotatable bonds is 2. The molecule has 1 aliphatic rings. The number of ether oxygens (including phenoxy) is 1. The molecule has 1 fully saturated rings. The number of hydrogen-bond donors (Lipinski definition) is 1. The smallest absolute Gasteiger partial charge is 0.207 e. The highest BCUT2D eigenvalue weighted by Gasteiger charge is 2.10. The van der Waals surface area contributed by atoms with Crippen LogP contribution < -0.4 is 5.32 Å². The van der Waals surface area contributed by atoms with E-state index in [-0.39, 0.29) is 0 Å². The second kappa shape index (κ2) is 3.45. The van der Waals surface area contributed by atoms with Gasteiger partial charge in [-0.25, -0.2) is 0 Å². The number of carbonyl (C=O) groups excluding carboxylic acids is 1. The van der Waals surface area contributed by atoms with Crippen LogP contribution in [-0.2, 0) is 9.53 Å². The van der Waals surface area contributed by atoms with Gasteiger partial charge >= 0.3 is 0 Å². The Balaban J connectivity index is 2.15. The lowest BCUT2D eigenvalue weighted by Crippen LogP contribution is -2.33. The molecule has 1 aliphatic heterocycles. The zero-order valence-electron chi connectivity index (χ0n) is 5.30. The zero-order chi connectivity index (χ0) is 6.53. The van der Waals surface area contributed by atoms with E-state index in [0.717, 1.165) is 32.5 Å². The zero-order valence-corrected chi connectivity index (χ0v) is 5.30. The summed E-state index contributed by atoms with van der Waals surface area (Å²) in [6, 6.07) is 0.358. The largest absolute Gasteiger partial charge is 0.381 e. The molecule has 3 nitrogen and oxygen atoms in total. The molecule has 0 radical (unpaired) electrons. The average molecular weight is 129 g/mol. The summed E-state index contributed by atoms with van der Waals surface area (Å²) >= 11 is 0. The topological polar surface area (TPSA) is 38.3 Å². The summed E-state index contributed by atoms with van der Waals surface area (Å²) < 4.78 is 5.09. The van der Waals surface area contributed by atoms with Crippen molar-refractivity contribution in [3.8, 4) is 0 Å². The third-order valence-corrected chi connectivity index (χ3v) is 1.53. The van der Waals surface area contributed by atoms with Gasteiger partial charge in [-0.3, -0.25) is 4.79 Å². The Morgan fingerprint density at radius 3 is 2.67 bits per heavy atom. The van der Waals surface area contributed by atoms with Crippen molar-refractivity contribution in [1.82, 2.24) is 5.32 Å². The van der Waals surface area contributed by atoms with Gasteiger partial charge in [-0.1, -0.05) is 0 Å². The van der Waals surface area contributed by atoms with E-state index in [9.17, 15) is 4.79 Å². The molecule has 1 heterocycles. The normalized spacial score (nSPS) is 21.3. The minimum Gasteiger partial charge on any atom is -0.381 e. The molecule has 9 heavy (non-hydrogen) atoms. The Bertz CT molecular complexity index is 89.1. The van der Waals surface area contributed by atoms with E-state index in [1.807, 2.05) is 0 Å². The van der Waals surface area contributed by atoms with Crippen molar-refractivity contribution >= 4 is 6.41 Å². The van der Waals surface area contributed by atoms with Gasteiger partial charge in [-0.2, -0.15) is 0 Å². The number of carbonyl (C=O) groups is 1. The lowest BCUT2D eigenvalue weighted by atomic mass is 10.1. The Morgan fingerprint density at radius 2 is 2.11 bits per heavy atom. The van der Waals surface area contributed by atoms with Crippen LogP contribution in [0.4, 0.5) is 0 Å². The van der Waals surface area contributed by atoms with E-state index in [1.54, 1.807) is 0 Å². The third-order valence-electron chi connectivity index (χ3n) is 1.53. The lowest BCUT2D eigenvalue weighted by Gasteiger charge is -2.20. The van der Waals surface area contributed by atoms with Crippen LogP contribution in [0.5, 0.6) is 0 Å². The minimum absolute atomic E-state index is 0.358. The summed E-state index contributed by atoms with van der Waals surface area (Å²) in [5.41, 5.74) is 0. The van der Waals surface area contributed by atoms with Crippen molar-refractivity contribution < 1.29 is 9.53 Å². The van der Waals surface area contributed by atoms with Gasteiger partial charge in [0.25, 0.3) is 0 Å². The molecule has 0 spiro atoms. The molecule has 0 atom stereocenters. The molecular weight excluding hydrogens is 118 g/mol. The number of amides is 1. The fourth-order valence-electron chi connectivity index (χ4n) is 0.960. The monoisotopic (exact) mass is 129 g/mol. The van der Waals surface area contributed by atoms with Crippen LogP contribution in [0.3, 0.4) is 0 Å². The number of hydrogen-bond acceptors (Lipinski definition) is 2. The van der Waals surface area contributed by atoms with Gasteiger partial charge in [-0.15, -0.1) is 0 Å². The predicted octanol–water partition coefficient (Wildman–Crippen LogP) is -0.0886. The van der Waals surface area contributed by atoms with Crippen LogP contribution in [0, 0.1) is 0 Å². The van der Waals surface area contributed by atoms with E-state index in [2.05, 4.69) is 5.32 Å². The fraction of sp³-hybridized carbons (Fsp3) is 0.833. The van der Waals surface area contributed by atoms with Crippen LogP contribution in [0.2, 0.25) is 0 Å². The predicted molar refractivity (Wildman–Crippen MR) is 33.0 cm³/mol. The second-order valence-electron chi connectivity index (χ2n) is 2.17. The molecule has 0 saturated carbocycles. The minimum atomic E-state index is 0.358. The Morgan fingerprint density at radius 1 is 1.44 bits per heavy atom. The van der Waals surface area contributed by atoms with Gasteiger partial charge < -0.3 is 10.1 Å². The van der Waals surface area contributed by atoms with E-state index in [4.69, 9.17) is 4.74 Å². The Kier molecular flexibility index (Phi) is 2.51. The SMILES string of the molecule is O=CNC1CCOCC1. The molecule has 3 heteroatoms. The lowest BCUT2D eigenvalue weighted by molar-refractivity contribution is -0.110. The van der Waals surface area contributed by atoms with Crippen LogP contribution in [0.15, 0.2) is 0 Å². The molecule has 1 saturated heterocycles. The van der Waals surface area contributed by atoms with Crippen molar-refractivity contribution in [2.24, 2.45) is 0 Å². The second-order valence-corrected chi connectivity index (χ2v) is 2.17. The summed E-state index contributed by atoms with van der Waals surface area (Å²) in [6.07, 6.45) is 2.67. The van der Waals surface area contributed by atoms with Gasteiger partial charge in [0.15, 0.2) is 0 Å². The van der Waals surface area contributed by atoms with Gasteiger partial charge in [0.2, 0.25) is 6.41 Å². The quantitative estimate of drug-likeness (QED) is 0.529. The molecular formula is C6H11NO2. The Labute approximate surface area is 54.4 Å².